The lowest BCUT2D eigenvalue weighted by Gasteiger charge is -2.32. The molecule has 0 spiro atoms. The van der Waals surface area contributed by atoms with Crippen LogP contribution in [-0.2, 0) is 28.8 Å². The average molecular weight is 668 g/mol. The van der Waals surface area contributed by atoms with Gasteiger partial charge in [0.15, 0.2) is 5.96 Å². The normalized spacial score (nSPS) is 17.7. The molecule has 0 saturated carbocycles. The summed E-state index contributed by atoms with van der Waals surface area (Å²) in [7, 11) is 0. The van der Waals surface area contributed by atoms with Gasteiger partial charge in [0.1, 0.15) is 24.2 Å². The van der Waals surface area contributed by atoms with E-state index >= 15 is 0 Å². The van der Waals surface area contributed by atoms with Crippen molar-refractivity contribution in [1.29, 1.82) is 0 Å². The summed E-state index contributed by atoms with van der Waals surface area (Å²) in [5, 5.41) is 15.2. The molecule has 1 saturated heterocycles. The zero-order chi connectivity index (χ0) is 35.9. The lowest BCUT2D eigenvalue weighted by molar-refractivity contribution is -0.192. The van der Waals surface area contributed by atoms with E-state index in [4.69, 9.17) is 32.8 Å². The third kappa shape index (κ3) is 14.3. The molecular weight excluding hydrogens is 619 g/mol. The third-order valence-electron chi connectivity index (χ3n) is 7.19. The van der Waals surface area contributed by atoms with Crippen molar-refractivity contribution in [3.8, 4) is 0 Å². The number of hydrogen-bond donors (Lipinski definition) is 8. The highest BCUT2D eigenvalue weighted by molar-refractivity contribution is 5.96. The van der Waals surface area contributed by atoms with Crippen molar-refractivity contribution in [2.24, 2.45) is 39.8 Å². The van der Waals surface area contributed by atoms with Crippen molar-refractivity contribution < 1.29 is 47.0 Å². The van der Waals surface area contributed by atoms with E-state index in [1.54, 1.807) is 13.8 Å². The standard InChI is InChI=1S/C25H47N9O5.C2HF3O2/c1-6-14(4)19(33-21(36)16(26)9-7-11-30-25(28)29)23(38)32-18(13(2)3)24(39)34-12-8-10-17(34)22(37)31-15(5)20(27)35;3-2(4,5)1(6)7/h13-19H,6-12,26H2,1-5H3,(H2,27,35)(H,31,37)(H,32,38)(H,33,36)(H4,28,29,30);(H,6,7). The number of aliphatic carboxylic acids is 1. The molecule has 0 aromatic heterocycles. The van der Waals surface area contributed by atoms with Crippen molar-refractivity contribution in [3.05, 3.63) is 0 Å². The molecule has 46 heavy (non-hydrogen) atoms. The second-order valence-corrected chi connectivity index (χ2v) is 11.3. The number of carboxylic acid groups (broad SMARTS) is 1. The van der Waals surface area contributed by atoms with E-state index in [1.807, 2.05) is 13.8 Å². The summed E-state index contributed by atoms with van der Waals surface area (Å²) in [5.41, 5.74) is 21.9. The van der Waals surface area contributed by atoms with Crippen molar-refractivity contribution in [2.75, 3.05) is 13.1 Å². The Morgan fingerprint density at radius 3 is 1.96 bits per heavy atom. The molecule has 0 aromatic rings. The lowest BCUT2D eigenvalue weighted by atomic mass is 9.95. The number of rotatable bonds is 15. The Morgan fingerprint density at radius 2 is 1.50 bits per heavy atom. The molecule has 16 nitrogen and oxygen atoms in total. The molecule has 0 radical (unpaired) electrons. The summed E-state index contributed by atoms with van der Waals surface area (Å²) in [5.74, 6) is -5.92. The Hall–Kier alpha value is -4.16. The first kappa shape index (κ1) is 41.8. The number of likely N-dealkylation sites (tertiary alicyclic amines) is 1. The predicted octanol–water partition coefficient (Wildman–Crippen LogP) is -1.35. The van der Waals surface area contributed by atoms with Gasteiger partial charge in [-0.15, -0.1) is 0 Å². The minimum absolute atomic E-state index is 0.0446. The smallest absolute Gasteiger partial charge is 0.475 e. The molecule has 1 heterocycles. The van der Waals surface area contributed by atoms with Gasteiger partial charge in [-0.2, -0.15) is 13.2 Å². The average Bonchev–Trinajstić information content (AvgIpc) is 3.45. The van der Waals surface area contributed by atoms with Gasteiger partial charge in [-0.05, 0) is 44.4 Å². The van der Waals surface area contributed by atoms with Crippen molar-refractivity contribution >= 4 is 41.5 Å². The summed E-state index contributed by atoms with van der Waals surface area (Å²) in [6.07, 6.45) is -2.67. The summed E-state index contributed by atoms with van der Waals surface area (Å²) in [4.78, 5) is 78.0. The number of halogens is 3. The molecule has 6 atom stereocenters. The van der Waals surface area contributed by atoms with E-state index in [-0.39, 0.29) is 17.8 Å². The van der Waals surface area contributed by atoms with Crippen LogP contribution >= 0.6 is 0 Å². The minimum Gasteiger partial charge on any atom is -0.475 e. The molecule has 264 valence electrons. The number of carboxylic acids is 1. The third-order valence-corrected chi connectivity index (χ3v) is 7.19. The fourth-order valence-electron chi connectivity index (χ4n) is 4.23. The van der Waals surface area contributed by atoms with E-state index in [9.17, 15) is 37.1 Å². The molecule has 19 heteroatoms. The lowest BCUT2D eigenvalue weighted by Crippen LogP contribution is -2.60. The van der Waals surface area contributed by atoms with E-state index in [0.717, 1.165) is 0 Å². The number of carbonyl (C=O) groups is 6. The Balaban J connectivity index is 0.00000258. The van der Waals surface area contributed by atoms with Crippen molar-refractivity contribution in [2.45, 2.75) is 103 Å². The van der Waals surface area contributed by atoms with Gasteiger partial charge >= 0.3 is 12.1 Å². The zero-order valence-electron chi connectivity index (χ0n) is 26.7. The number of nitrogens with one attached hydrogen (secondary N) is 3. The maximum atomic E-state index is 13.5. The highest BCUT2D eigenvalue weighted by atomic mass is 19.4. The van der Waals surface area contributed by atoms with Crippen LogP contribution in [0.1, 0.15) is 66.7 Å². The molecule has 0 aromatic carbocycles. The van der Waals surface area contributed by atoms with E-state index in [0.29, 0.717) is 45.2 Å². The highest BCUT2D eigenvalue weighted by Gasteiger charge is 2.40. The number of guanidine groups is 1. The first-order valence-corrected chi connectivity index (χ1v) is 14.8. The molecule has 12 N–H and O–H groups in total. The number of nitrogens with zero attached hydrogens (tertiary/aromatic N) is 2. The highest BCUT2D eigenvalue weighted by Crippen LogP contribution is 2.21. The maximum absolute atomic E-state index is 13.5. The first-order valence-electron chi connectivity index (χ1n) is 14.8. The monoisotopic (exact) mass is 667 g/mol. The van der Waals surface area contributed by atoms with Crippen LogP contribution in [0.3, 0.4) is 0 Å². The molecule has 0 bridgehead atoms. The molecule has 1 aliphatic rings. The Kier molecular flexibility index (Phi) is 17.6. The molecule has 1 rings (SSSR count). The van der Waals surface area contributed by atoms with E-state index in [1.165, 1.54) is 11.8 Å². The van der Waals surface area contributed by atoms with Crippen LogP contribution in [0.25, 0.3) is 0 Å². The number of primary amides is 1. The second kappa shape index (κ2) is 19.4. The van der Waals surface area contributed by atoms with Gasteiger partial charge < -0.3 is 48.9 Å². The molecular formula is C27H48F3N9O7. The summed E-state index contributed by atoms with van der Waals surface area (Å²) in [6.45, 7) is 9.41. The van der Waals surface area contributed by atoms with Crippen molar-refractivity contribution in [1.82, 2.24) is 20.9 Å². The number of carbonyl (C=O) groups excluding carboxylic acids is 5. The zero-order valence-corrected chi connectivity index (χ0v) is 26.7. The maximum Gasteiger partial charge on any atom is 0.490 e. The molecule has 1 fully saturated rings. The SMILES string of the molecule is CCC(C)C(NC(=O)C(N)CCCN=C(N)N)C(=O)NC(C(=O)N1CCCC1C(=O)NC(C)C(N)=O)C(C)C.O=C(O)C(F)(F)F. The van der Waals surface area contributed by atoms with Crippen LogP contribution in [0.2, 0.25) is 0 Å². The van der Waals surface area contributed by atoms with Gasteiger partial charge in [-0.25, -0.2) is 4.79 Å². The number of hydrogen-bond acceptors (Lipinski definition) is 8. The first-order chi connectivity index (χ1) is 21.1. The molecule has 5 amide bonds. The summed E-state index contributed by atoms with van der Waals surface area (Å²) in [6, 6.07) is -4.38. The molecule has 6 unspecified atom stereocenters. The fourth-order valence-corrected chi connectivity index (χ4v) is 4.23. The van der Waals surface area contributed by atoms with Crippen molar-refractivity contribution in [3.63, 3.8) is 0 Å². The molecule has 1 aliphatic heterocycles. The fraction of sp³-hybridized carbons (Fsp3) is 0.741. The van der Waals surface area contributed by atoms with Crippen LogP contribution < -0.4 is 38.9 Å². The number of aliphatic imine (C=N–C) groups is 1. The van der Waals surface area contributed by atoms with Crippen LogP contribution in [0.15, 0.2) is 4.99 Å². The Labute approximate surface area is 265 Å². The van der Waals surface area contributed by atoms with E-state index in [2.05, 4.69) is 20.9 Å². The van der Waals surface area contributed by atoms with Crippen LogP contribution in [0.5, 0.6) is 0 Å². The van der Waals surface area contributed by atoms with E-state index < -0.39 is 71.9 Å². The topological polar surface area (TPSA) is 278 Å². The van der Waals surface area contributed by atoms with Crippen LogP contribution in [0.4, 0.5) is 13.2 Å². The second-order valence-electron chi connectivity index (χ2n) is 11.3. The van der Waals surface area contributed by atoms with Crippen LogP contribution in [0, 0.1) is 11.8 Å². The summed E-state index contributed by atoms with van der Waals surface area (Å²) < 4.78 is 31.7. The Bertz CT molecular complexity index is 1100. The molecule has 0 aliphatic carbocycles. The summed E-state index contributed by atoms with van der Waals surface area (Å²) >= 11 is 0. The number of amides is 5. The van der Waals surface area contributed by atoms with Gasteiger partial charge in [-0.1, -0.05) is 34.1 Å². The number of nitrogens with two attached hydrogens (primary N) is 4. The van der Waals surface area contributed by atoms with Gasteiger partial charge in [0, 0.05) is 13.1 Å². The predicted molar refractivity (Wildman–Crippen MR) is 161 cm³/mol. The van der Waals surface area contributed by atoms with Gasteiger partial charge in [0.05, 0.1) is 6.04 Å². The quantitative estimate of drug-likeness (QED) is 0.0578. The largest absolute Gasteiger partial charge is 0.490 e. The van der Waals surface area contributed by atoms with Gasteiger partial charge in [-0.3, -0.25) is 29.0 Å². The Morgan fingerprint density at radius 1 is 0.957 bits per heavy atom. The van der Waals surface area contributed by atoms with Crippen LogP contribution in [-0.4, -0.2) is 101 Å². The number of alkyl halides is 3. The van der Waals surface area contributed by atoms with Gasteiger partial charge in [0.2, 0.25) is 29.5 Å². The minimum atomic E-state index is -5.08. The van der Waals surface area contributed by atoms with Gasteiger partial charge in [0.25, 0.3) is 0 Å².